The minimum Gasteiger partial charge on any atom is -0.207 e. The Morgan fingerprint density at radius 3 is 2.67 bits per heavy atom. The zero-order valence-electron chi connectivity index (χ0n) is 7.47. The first kappa shape index (κ1) is 8.98. The highest BCUT2D eigenvalue weighted by atomic mass is 19.1. The molecule has 0 amide bonds. The van der Waals surface area contributed by atoms with Gasteiger partial charge in [-0.1, -0.05) is 29.8 Å². The molecule has 0 aromatic heterocycles. The molecule has 0 nitrogen and oxygen atoms in total. The molecule has 0 unspecified atom stereocenters. The summed E-state index contributed by atoms with van der Waals surface area (Å²) in [6, 6.07) is 6.89. The van der Waals surface area contributed by atoms with Crippen LogP contribution in [0.1, 0.15) is 19.4 Å². The molecule has 1 aromatic carbocycles. The summed E-state index contributed by atoms with van der Waals surface area (Å²) in [7, 11) is 0. The van der Waals surface area contributed by atoms with E-state index in [0.29, 0.717) is 6.42 Å². The molecule has 12 heavy (non-hydrogen) atoms. The Hall–Kier alpha value is -1.11. The fourth-order valence-corrected chi connectivity index (χ4v) is 1.04. The molecule has 0 fully saturated rings. The SMILES string of the molecule is C/C=C(\C)Cc1ccccc1F. The molecule has 0 aliphatic heterocycles. The molecule has 1 rings (SSSR count). The summed E-state index contributed by atoms with van der Waals surface area (Å²) in [6.45, 7) is 3.97. The molecule has 0 heterocycles. The second kappa shape index (κ2) is 4.05. The van der Waals surface area contributed by atoms with Crippen molar-refractivity contribution >= 4 is 0 Å². The van der Waals surface area contributed by atoms with Crippen molar-refractivity contribution < 1.29 is 4.39 Å². The normalized spacial score (nSPS) is 11.8. The van der Waals surface area contributed by atoms with Gasteiger partial charge in [0.1, 0.15) is 5.82 Å². The van der Waals surface area contributed by atoms with Gasteiger partial charge in [-0.2, -0.15) is 0 Å². The standard InChI is InChI=1S/C11H13F/c1-3-9(2)8-10-6-4-5-7-11(10)12/h3-7H,8H2,1-2H3/b9-3+. The van der Waals surface area contributed by atoms with E-state index in [-0.39, 0.29) is 5.82 Å². The van der Waals surface area contributed by atoms with Gasteiger partial charge in [0.05, 0.1) is 0 Å². The summed E-state index contributed by atoms with van der Waals surface area (Å²) in [4.78, 5) is 0. The summed E-state index contributed by atoms with van der Waals surface area (Å²) in [5.41, 5.74) is 1.97. The van der Waals surface area contributed by atoms with Crippen LogP contribution in [0.25, 0.3) is 0 Å². The number of hydrogen-bond acceptors (Lipinski definition) is 0. The van der Waals surface area contributed by atoms with Crippen molar-refractivity contribution in [2.45, 2.75) is 20.3 Å². The van der Waals surface area contributed by atoms with Crippen molar-refractivity contribution in [1.29, 1.82) is 0 Å². The summed E-state index contributed by atoms with van der Waals surface area (Å²) >= 11 is 0. The zero-order valence-corrected chi connectivity index (χ0v) is 7.47. The molecule has 0 aliphatic rings. The van der Waals surface area contributed by atoms with Crippen LogP contribution in [-0.4, -0.2) is 0 Å². The van der Waals surface area contributed by atoms with Crippen LogP contribution in [0.5, 0.6) is 0 Å². The van der Waals surface area contributed by atoms with E-state index in [0.717, 1.165) is 5.56 Å². The zero-order chi connectivity index (χ0) is 8.97. The van der Waals surface area contributed by atoms with E-state index in [9.17, 15) is 4.39 Å². The first-order chi connectivity index (χ1) is 5.74. The Morgan fingerprint density at radius 1 is 1.42 bits per heavy atom. The van der Waals surface area contributed by atoms with Crippen LogP contribution in [0.3, 0.4) is 0 Å². The van der Waals surface area contributed by atoms with Gasteiger partial charge in [0.25, 0.3) is 0 Å². The number of halogens is 1. The van der Waals surface area contributed by atoms with E-state index in [1.165, 1.54) is 11.6 Å². The molecule has 0 aliphatic carbocycles. The van der Waals surface area contributed by atoms with Crippen LogP contribution in [0, 0.1) is 5.82 Å². The van der Waals surface area contributed by atoms with Crippen LogP contribution in [0.15, 0.2) is 35.9 Å². The van der Waals surface area contributed by atoms with Crippen molar-refractivity contribution in [2.24, 2.45) is 0 Å². The van der Waals surface area contributed by atoms with E-state index < -0.39 is 0 Å². The highest BCUT2D eigenvalue weighted by molar-refractivity contribution is 5.22. The van der Waals surface area contributed by atoms with Crippen molar-refractivity contribution in [3.63, 3.8) is 0 Å². The number of rotatable bonds is 2. The Bertz CT molecular complexity index is 287. The van der Waals surface area contributed by atoms with Gasteiger partial charge in [0, 0.05) is 0 Å². The molecule has 0 saturated carbocycles. The second-order valence-corrected chi connectivity index (χ2v) is 2.90. The van der Waals surface area contributed by atoms with Crippen LogP contribution in [0.2, 0.25) is 0 Å². The minimum absolute atomic E-state index is 0.112. The summed E-state index contributed by atoms with van der Waals surface area (Å²) < 4.78 is 13.1. The van der Waals surface area contributed by atoms with Crippen molar-refractivity contribution in [3.05, 3.63) is 47.3 Å². The largest absolute Gasteiger partial charge is 0.207 e. The van der Waals surface area contributed by atoms with Crippen molar-refractivity contribution in [2.75, 3.05) is 0 Å². The second-order valence-electron chi connectivity index (χ2n) is 2.90. The molecule has 0 atom stereocenters. The van der Waals surface area contributed by atoms with Gasteiger partial charge in [-0.05, 0) is 31.9 Å². The molecule has 0 bridgehead atoms. The summed E-state index contributed by atoms with van der Waals surface area (Å²) in [5.74, 6) is -0.112. The molecule has 1 heteroatoms. The topological polar surface area (TPSA) is 0 Å². The van der Waals surface area contributed by atoms with Crippen LogP contribution < -0.4 is 0 Å². The lowest BCUT2D eigenvalue weighted by molar-refractivity contribution is 0.613. The van der Waals surface area contributed by atoms with Crippen LogP contribution >= 0.6 is 0 Å². The van der Waals surface area contributed by atoms with Crippen LogP contribution in [0.4, 0.5) is 4.39 Å². The third-order valence-corrected chi connectivity index (χ3v) is 1.92. The maximum Gasteiger partial charge on any atom is 0.126 e. The van der Waals surface area contributed by atoms with Gasteiger partial charge in [-0.25, -0.2) is 4.39 Å². The first-order valence-electron chi connectivity index (χ1n) is 4.09. The van der Waals surface area contributed by atoms with Crippen LogP contribution in [-0.2, 0) is 6.42 Å². The minimum atomic E-state index is -0.112. The molecule has 0 N–H and O–H groups in total. The number of benzene rings is 1. The van der Waals surface area contributed by atoms with Crippen molar-refractivity contribution in [1.82, 2.24) is 0 Å². The van der Waals surface area contributed by atoms with Gasteiger partial charge in [0.2, 0.25) is 0 Å². The smallest absolute Gasteiger partial charge is 0.126 e. The average Bonchev–Trinajstić information content (AvgIpc) is 2.09. The Labute approximate surface area is 72.7 Å². The maximum atomic E-state index is 13.1. The fourth-order valence-electron chi connectivity index (χ4n) is 1.04. The predicted molar refractivity (Wildman–Crippen MR) is 49.5 cm³/mol. The van der Waals surface area contributed by atoms with E-state index in [4.69, 9.17) is 0 Å². The lowest BCUT2D eigenvalue weighted by atomic mass is 10.1. The van der Waals surface area contributed by atoms with Gasteiger partial charge < -0.3 is 0 Å². The fraction of sp³-hybridized carbons (Fsp3) is 0.273. The lowest BCUT2D eigenvalue weighted by Gasteiger charge is -2.01. The third-order valence-electron chi connectivity index (χ3n) is 1.92. The molecule has 64 valence electrons. The number of hydrogen-bond donors (Lipinski definition) is 0. The molecule has 0 radical (unpaired) electrons. The van der Waals surface area contributed by atoms with Gasteiger partial charge >= 0.3 is 0 Å². The molecule has 1 aromatic rings. The average molecular weight is 164 g/mol. The predicted octanol–water partition coefficient (Wildman–Crippen LogP) is 3.33. The Kier molecular flexibility index (Phi) is 3.03. The van der Waals surface area contributed by atoms with Crippen molar-refractivity contribution in [3.8, 4) is 0 Å². The Morgan fingerprint density at radius 2 is 2.08 bits per heavy atom. The quantitative estimate of drug-likeness (QED) is 0.588. The molecule has 0 spiro atoms. The molecule has 0 saturated heterocycles. The molecular formula is C11H13F. The monoisotopic (exact) mass is 164 g/mol. The van der Waals surface area contributed by atoms with E-state index in [1.807, 2.05) is 32.1 Å². The Balaban J connectivity index is 2.82. The van der Waals surface area contributed by atoms with Gasteiger partial charge in [-0.15, -0.1) is 0 Å². The van der Waals surface area contributed by atoms with Gasteiger partial charge in [0.15, 0.2) is 0 Å². The highest BCUT2D eigenvalue weighted by Gasteiger charge is 1.99. The summed E-state index contributed by atoms with van der Waals surface area (Å²) in [6.07, 6.45) is 2.72. The van der Waals surface area contributed by atoms with Gasteiger partial charge in [-0.3, -0.25) is 0 Å². The maximum absolute atomic E-state index is 13.1. The van der Waals surface area contributed by atoms with E-state index in [1.54, 1.807) is 6.07 Å². The number of allylic oxidation sites excluding steroid dienone is 2. The lowest BCUT2D eigenvalue weighted by Crippen LogP contribution is -1.90. The highest BCUT2D eigenvalue weighted by Crippen LogP contribution is 2.11. The third kappa shape index (κ3) is 2.19. The molecular weight excluding hydrogens is 151 g/mol. The van der Waals surface area contributed by atoms with E-state index >= 15 is 0 Å². The van der Waals surface area contributed by atoms with E-state index in [2.05, 4.69) is 0 Å². The first-order valence-corrected chi connectivity index (χ1v) is 4.09. The summed E-state index contributed by atoms with van der Waals surface area (Å²) in [5, 5.41) is 0.